The third kappa shape index (κ3) is 7.34. The van der Waals surface area contributed by atoms with Gasteiger partial charge in [-0.2, -0.15) is 0 Å². The van der Waals surface area contributed by atoms with Crippen LogP contribution in [0.25, 0.3) is 0 Å². The molecule has 1 saturated heterocycles. The summed E-state index contributed by atoms with van der Waals surface area (Å²) in [5, 5.41) is 3.47. The zero-order valence-electron chi connectivity index (χ0n) is 12.7. The van der Waals surface area contributed by atoms with Crippen molar-refractivity contribution in [2.24, 2.45) is 5.92 Å². The molecule has 3 nitrogen and oxygen atoms in total. The molecule has 0 aliphatic carbocycles. The molecule has 1 rings (SSSR count). The minimum atomic E-state index is 0.807. The number of nitrogens with zero attached hydrogens (tertiary/aromatic N) is 2. The molecule has 0 amide bonds. The zero-order valence-corrected chi connectivity index (χ0v) is 12.7. The molecule has 0 atom stereocenters. The van der Waals surface area contributed by atoms with Gasteiger partial charge in [-0.3, -0.25) is 0 Å². The van der Waals surface area contributed by atoms with Crippen molar-refractivity contribution in [1.29, 1.82) is 0 Å². The van der Waals surface area contributed by atoms with Gasteiger partial charge >= 0.3 is 0 Å². The van der Waals surface area contributed by atoms with Crippen molar-refractivity contribution in [3.8, 4) is 0 Å². The maximum atomic E-state index is 3.47. The topological polar surface area (TPSA) is 18.5 Å². The Kier molecular flexibility index (Phi) is 8.64. The second kappa shape index (κ2) is 9.76. The highest BCUT2D eigenvalue weighted by Gasteiger charge is 2.16. The van der Waals surface area contributed by atoms with Crippen LogP contribution in [0, 0.1) is 5.92 Å². The lowest BCUT2D eigenvalue weighted by Crippen LogP contribution is -2.47. The van der Waals surface area contributed by atoms with Gasteiger partial charge in [0.15, 0.2) is 0 Å². The summed E-state index contributed by atoms with van der Waals surface area (Å²) in [5.74, 6) is 0.807. The van der Waals surface area contributed by atoms with Crippen molar-refractivity contribution in [2.45, 2.75) is 40.0 Å². The molecule has 0 aromatic rings. The van der Waals surface area contributed by atoms with Gasteiger partial charge in [-0.1, -0.05) is 20.8 Å². The number of nitrogens with one attached hydrogen (secondary N) is 1. The molecule has 108 valence electrons. The van der Waals surface area contributed by atoms with Gasteiger partial charge in [-0.05, 0) is 44.8 Å². The standard InChI is InChI=1S/C15H33N3/c1-4-7-16-8-5-6-9-17-10-12-18(13-11-17)14-15(2)3/h15-16H,4-14H2,1-3H3. The SMILES string of the molecule is CCCNCCCCN1CCN(CC(C)C)CC1. The van der Waals surface area contributed by atoms with Crippen molar-refractivity contribution >= 4 is 0 Å². The van der Waals surface area contributed by atoms with Crippen molar-refractivity contribution in [3.05, 3.63) is 0 Å². The number of hydrogen-bond acceptors (Lipinski definition) is 3. The molecular formula is C15H33N3. The Balaban J connectivity index is 1.95. The van der Waals surface area contributed by atoms with E-state index < -0.39 is 0 Å². The Labute approximate surface area is 114 Å². The first-order valence-electron chi connectivity index (χ1n) is 7.87. The smallest absolute Gasteiger partial charge is 0.0110 e. The first-order valence-corrected chi connectivity index (χ1v) is 7.87. The summed E-state index contributed by atoms with van der Waals surface area (Å²) < 4.78 is 0. The second-order valence-corrected chi connectivity index (χ2v) is 5.99. The van der Waals surface area contributed by atoms with E-state index in [4.69, 9.17) is 0 Å². The van der Waals surface area contributed by atoms with Gasteiger partial charge < -0.3 is 15.1 Å². The maximum absolute atomic E-state index is 3.47. The summed E-state index contributed by atoms with van der Waals surface area (Å²) >= 11 is 0. The number of unbranched alkanes of at least 4 members (excludes halogenated alkanes) is 1. The molecule has 0 radical (unpaired) electrons. The predicted molar refractivity (Wildman–Crippen MR) is 80.1 cm³/mol. The average Bonchev–Trinajstić information content (AvgIpc) is 2.35. The lowest BCUT2D eigenvalue weighted by Gasteiger charge is -2.35. The molecular weight excluding hydrogens is 222 g/mol. The molecule has 0 aromatic heterocycles. The lowest BCUT2D eigenvalue weighted by atomic mass is 10.2. The summed E-state index contributed by atoms with van der Waals surface area (Å²) in [4.78, 5) is 5.25. The average molecular weight is 255 g/mol. The van der Waals surface area contributed by atoms with E-state index in [1.165, 1.54) is 71.6 Å². The van der Waals surface area contributed by atoms with E-state index >= 15 is 0 Å². The maximum Gasteiger partial charge on any atom is 0.0110 e. The molecule has 0 bridgehead atoms. The van der Waals surface area contributed by atoms with Gasteiger partial charge in [0, 0.05) is 32.7 Å². The fourth-order valence-electron chi connectivity index (χ4n) is 2.60. The van der Waals surface area contributed by atoms with E-state index in [1.54, 1.807) is 0 Å². The summed E-state index contributed by atoms with van der Waals surface area (Å²) in [5.41, 5.74) is 0. The van der Waals surface area contributed by atoms with E-state index in [9.17, 15) is 0 Å². The van der Waals surface area contributed by atoms with Crippen molar-refractivity contribution < 1.29 is 0 Å². The molecule has 18 heavy (non-hydrogen) atoms. The van der Waals surface area contributed by atoms with Crippen LogP contribution in [0.2, 0.25) is 0 Å². The molecule has 0 saturated carbocycles. The van der Waals surface area contributed by atoms with Crippen LogP contribution in [0.15, 0.2) is 0 Å². The Bertz CT molecular complexity index is 186. The largest absolute Gasteiger partial charge is 0.317 e. The van der Waals surface area contributed by atoms with Gasteiger partial charge in [-0.15, -0.1) is 0 Å². The van der Waals surface area contributed by atoms with Crippen LogP contribution in [-0.4, -0.2) is 62.2 Å². The predicted octanol–water partition coefficient (Wildman–Crippen LogP) is 2.04. The lowest BCUT2D eigenvalue weighted by molar-refractivity contribution is 0.121. The Morgan fingerprint density at radius 1 is 0.944 bits per heavy atom. The highest BCUT2D eigenvalue weighted by Crippen LogP contribution is 2.06. The molecule has 1 N–H and O–H groups in total. The van der Waals surface area contributed by atoms with Gasteiger partial charge in [-0.25, -0.2) is 0 Å². The molecule has 1 aliphatic rings. The van der Waals surface area contributed by atoms with Crippen LogP contribution < -0.4 is 5.32 Å². The summed E-state index contributed by atoms with van der Waals surface area (Å²) in [6.45, 7) is 16.9. The van der Waals surface area contributed by atoms with Crippen molar-refractivity contribution in [1.82, 2.24) is 15.1 Å². The molecule has 1 heterocycles. The first-order chi connectivity index (χ1) is 8.72. The molecule has 0 aromatic carbocycles. The van der Waals surface area contributed by atoms with E-state index in [0.29, 0.717) is 0 Å². The normalized spacial score (nSPS) is 18.7. The molecule has 0 spiro atoms. The van der Waals surface area contributed by atoms with Gasteiger partial charge in [0.05, 0.1) is 0 Å². The highest BCUT2D eigenvalue weighted by atomic mass is 15.3. The van der Waals surface area contributed by atoms with Gasteiger partial charge in [0.1, 0.15) is 0 Å². The molecule has 1 fully saturated rings. The van der Waals surface area contributed by atoms with E-state index in [-0.39, 0.29) is 0 Å². The monoisotopic (exact) mass is 255 g/mol. The van der Waals surface area contributed by atoms with Gasteiger partial charge in [0.2, 0.25) is 0 Å². The van der Waals surface area contributed by atoms with Crippen LogP contribution in [0.5, 0.6) is 0 Å². The number of piperazine rings is 1. The highest BCUT2D eigenvalue weighted by molar-refractivity contribution is 4.72. The fraction of sp³-hybridized carbons (Fsp3) is 1.00. The van der Waals surface area contributed by atoms with Crippen LogP contribution in [0.4, 0.5) is 0 Å². The van der Waals surface area contributed by atoms with Crippen LogP contribution in [0.3, 0.4) is 0 Å². The summed E-state index contributed by atoms with van der Waals surface area (Å²) in [6, 6.07) is 0. The first kappa shape index (κ1) is 15.9. The van der Waals surface area contributed by atoms with Gasteiger partial charge in [0.25, 0.3) is 0 Å². The molecule has 0 unspecified atom stereocenters. The van der Waals surface area contributed by atoms with Crippen molar-refractivity contribution in [2.75, 3.05) is 52.4 Å². The number of rotatable bonds is 9. The van der Waals surface area contributed by atoms with E-state index in [0.717, 1.165) is 5.92 Å². The third-order valence-corrected chi connectivity index (χ3v) is 3.59. The Morgan fingerprint density at radius 3 is 2.22 bits per heavy atom. The van der Waals surface area contributed by atoms with E-state index in [2.05, 4.69) is 35.9 Å². The zero-order chi connectivity index (χ0) is 13.2. The fourth-order valence-corrected chi connectivity index (χ4v) is 2.60. The Hall–Kier alpha value is -0.120. The van der Waals surface area contributed by atoms with Crippen molar-refractivity contribution in [3.63, 3.8) is 0 Å². The summed E-state index contributed by atoms with van der Waals surface area (Å²) in [7, 11) is 0. The quantitative estimate of drug-likeness (QED) is 0.636. The van der Waals surface area contributed by atoms with E-state index in [1.807, 2.05) is 0 Å². The van der Waals surface area contributed by atoms with Crippen LogP contribution in [-0.2, 0) is 0 Å². The second-order valence-electron chi connectivity index (χ2n) is 5.99. The third-order valence-electron chi connectivity index (χ3n) is 3.59. The summed E-state index contributed by atoms with van der Waals surface area (Å²) in [6.07, 6.45) is 3.92. The minimum Gasteiger partial charge on any atom is -0.317 e. The van der Waals surface area contributed by atoms with Crippen LogP contribution >= 0.6 is 0 Å². The Morgan fingerprint density at radius 2 is 1.61 bits per heavy atom. The number of hydrogen-bond donors (Lipinski definition) is 1. The van der Waals surface area contributed by atoms with Crippen LogP contribution in [0.1, 0.15) is 40.0 Å². The molecule has 3 heteroatoms. The minimum absolute atomic E-state index is 0.807. The molecule has 1 aliphatic heterocycles.